The first-order valence-corrected chi connectivity index (χ1v) is 6.27. The van der Waals surface area contributed by atoms with Crippen LogP contribution in [0.25, 0.3) is 0 Å². The maximum Gasteiger partial charge on any atom is 0.326 e. The zero-order chi connectivity index (χ0) is 14.4. The standard InChI is InChI=1S/C12H12BrN3O3/c1-2-9(11(17)18)15-12(19)16-10-4-3-8(13)5-7(10)6-14/h3-5,9H,2H2,1H3,(H,17,18)(H2,15,16,19)/t9-/m1/s1. The Hall–Kier alpha value is -2.07. The van der Waals surface area contributed by atoms with E-state index in [1.54, 1.807) is 25.1 Å². The number of hydrogen-bond donors (Lipinski definition) is 3. The van der Waals surface area contributed by atoms with Crippen molar-refractivity contribution in [2.45, 2.75) is 19.4 Å². The Bertz CT molecular complexity index is 540. The third kappa shape index (κ3) is 4.26. The Balaban J connectivity index is 2.78. The van der Waals surface area contributed by atoms with Crippen LogP contribution < -0.4 is 10.6 Å². The Kier molecular flexibility index (Phi) is 5.33. The lowest BCUT2D eigenvalue weighted by Gasteiger charge is -2.13. The van der Waals surface area contributed by atoms with Crippen LogP contribution in [-0.2, 0) is 4.79 Å². The molecular formula is C12H12BrN3O3. The van der Waals surface area contributed by atoms with E-state index in [0.717, 1.165) is 0 Å². The van der Waals surface area contributed by atoms with Gasteiger partial charge in [-0.2, -0.15) is 5.26 Å². The van der Waals surface area contributed by atoms with Crippen LogP contribution in [0.1, 0.15) is 18.9 Å². The molecule has 1 aromatic rings. The Morgan fingerprint density at radius 2 is 2.21 bits per heavy atom. The van der Waals surface area contributed by atoms with Crippen LogP contribution in [0.3, 0.4) is 0 Å². The number of anilines is 1. The quantitative estimate of drug-likeness (QED) is 0.790. The second-order valence-electron chi connectivity index (χ2n) is 3.70. The molecule has 0 bridgehead atoms. The number of nitrogens with one attached hydrogen (secondary N) is 2. The number of halogens is 1. The number of benzene rings is 1. The van der Waals surface area contributed by atoms with Crippen LogP contribution >= 0.6 is 15.9 Å². The summed E-state index contributed by atoms with van der Waals surface area (Å²) >= 11 is 3.22. The fourth-order valence-corrected chi connectivity index (χ4v) is 1.73. The van der Waals surface area contributed by atoms with Crippen molar-refractivity contribution in [3.63, 3.8) is 0 Å². The van der Waals surface area contributed by atoms with E-state index in [1.165, 1.54) is 0 Å². The summed E-state index contributed by atoms with van der Waals surface area (Å²) in [5.74, 6) is -1.10. The van der Waals surface area contributed by atoms with Gasteiger partial charge in [-0.25, -0.2) is 9.59 Å². The van der Waals surface area contributed by atoms with Crippen molar-refractivity contribution in [2.75, 3.05) is 5.32 Å². The van der Waals surface area contributed by atoms with E-state index in [-0.39, 0.29) is 12.0 Å². The van der Waals surface area contributed by atoms with Gasteiger partial charge in [0.15, 0.2) is 0 Å². The molecule has 3 N–H and O–H groups in total. The van der Waals surface area contributed by atoms with Crippen molar-refractivity contribution in [1.82, 2.24) is 5.32 Å². The smallest absolute Gasteiger partial charge is 0.326 e. The topological polar surface area (TPSA) is 102 Å². The number of carboxylic acids is 1. The van der Waals surface area contributed by atoms with Crippen LogP contribution in [0, 0.1) is 11.3 Å². The van der Waals surface area contributed by atoms with E-state index < -0.39 is 18.0 Å². The molecule has 0 fully saturated rings. The average molecular weight is 326 g/mol. The average Bonchev–Trinajstić information content (AvgIpc) is 2.37. The zero-order valence-corrected chi connectivity index (χ0v) is 11.7. The Morgan fingerprint density at radius 1 is 1.53 bits per heavy atom. The van der Waals surface area contributed by atoms with Crippen LogP contribution in [-0.4, -0.2) is 23.1 Å². The van der Waals surface area contributed by atoms with E-state index in [9.17, 15) is 9.59 Å². The molecule has 2 amide bonds. The van der Waals surface area contributed by atoms with Gasteiger partial charge in [-0.3, -0.25) is 0 Å². The van der Waals surface area contributed by atoms with Crippen LogP contribution in [0.5, 0.6) is 0 Å². The number of rotatable bonds is 4. The van der Waals surface area contributed by atoms with Crippen molar-refractivity contribution in [3.8, 4) is 6.07 Å². The van der Waals surface area contributed by atoms with Gasteiger partial charge in [0.1, 0.15) is 12.1 Å². The first kappa shape index (κ1) is 15.0. The molecule has 0 spiro atoms. The number of urea groups is 1. The number of nitrogens with zero attached hydrogens (tertiary/aromatic N) is 1. The summed E-state index contributed by atoms with van der Waals surface area (Å²) in [5.41, 5.74) is 0.608. The van der Waals surface area contributed by atoms with Crippen LogP contribution in [0.2, 0.25) is 0 Å². The van der Waals surface area contributed by atoms with E-state index in [4.69, 9.17) is 10.4 Å². The number of hydrogen-bond acceptors (Lipinski definition) is 3. The fraction of sp³-hybridized carbons (Fsp3) is 0.250. The highest BCUT2D eigenvalue weighted by molar-refractivity contribution is 9.10. The number of amides is 2. The molecule has 0 saturated carbocycles. The van der Waals surface area contributed by atoms with E-state index in [0.29, 0.717) is 10.2 Å². The molecule has 0 saturated heterocycles. The van der Waals surface area contributed by atoms with Crippen molar-refractivity contribution in [3.05, 3.63) is 28.2 Å². The minimum Gasteiger partial charge on any atom is -0.480 e. The molecule has 0 aromatic heterocycles. The summed E-state index contributed by atoms with van der Waals surface area (Å²) in [6.07, 6.45) is 0.272. The normalized spacial score (nSPS) is 11.2. The van der Waals surface area contributed by atoms with Gasteiger partial charge in [-0.05, 0) is 24.6 Å². The first-order valence-electron chi connectivity index (χ1n) is 5.48. The molecule has 0 heterocycles. The lowest BCUT2D eigenvalue weighted by atomic mass is 10.2. The molecule has 7 heteroatoms. The minimum atomic E-state index is -1.10. The van der Waals surface area contributed by atoms with Gasteiger partial charge < -0.3 is 15.7 Å². The third-order valence-corrected chi connectivity index (χ3v) is 2.86. The summed E-state index contributed by atoms with van der Waals surface area (Å²) in [6.45, 7) is 1.65. The predicted molar refractivity (Wildman–Crippen MR) is 72.7 cm³/mol. The summed E-state index contributed by atoms with van der Waals surface area (Å²) in [7, 11) is 0. The van der Waals surface area contributed by atoms with Gasteiger partial charge in [0, 0.05) is 4.47 Å². The fourth-order valence-electron chi connectivity index (χ4n) is 1.37. The van der Waals surface area contributed by atoms with Crippen molar-refractivity contribution >= 4 is 33.6 Å². The molecule has 1 atom stereocenters. The molecule has 0 aliphatic heterocycles. The lowest BCUT2D eigenvalue weighted by molar-refractivity contribution is -0.139. The van der Waals surface area contributed by atoms with Crippen molar-refractivity contribution in [2.24, 2.45) is 0 Å². The number of carbonyl (C=O) groups excluding carboxylic acids is 1. The number of carbonyl (C=O) groups is 2. The highest BCUT2D eigenvalue weighted by Crippen LogP contribution is 2.20. The van der Waals surface area contributed by atoms with Gasteiger partial charge in [0.25, 0.3) is 0 Å². The Labute approximate surface area is 118 Å². The van der Waals surface area contributed by atoms with Gasteiger partial charge >= 0.3 is 12.0 Å². The molecule has 0 radical (unpaired) electrons. The maximum absolute atomic E-state index is 11.6. The summed E-state index contributed by atoms with van der Waals surface area (Å²) in [4.78, 5) is 22.4. The molecular weight excluding hydrogens is 314 g/mol. The first-order chi connectivity index (χ1) is 8.97. The van der Waals surface area contributed by atoms with Gasteiger partial charge in [0.05, 0.1) is 11.3 Å². The molecule has 0 unspecified atom stereocenters. The van der Waals surface area contributed by atoms with Crippen molar-refractivity contribution in [1.29, 1.82) is 5.26 Å². The molecule has 1 aromatic carbocycles. The third-order valence-electron chi connectivity index (χ3n) is 2.36. The monoisotopic (exact) mass is 325 g/mol. The highest BCUT2D eigenvalue weighted by atomic mass is 79.9. The second-order valence-corrected chi connectivity index (χ2v) is 4.61. The molecule has 19 heavy (non-hydrogen) atoms. The predicted octanol–water partition coefficient (Wildman–Crippen LogP) is 2.31. The van der Waals surface area contributed by atoms with E-state index in [2.05, 4.69) is 26.6 Å². The molecule has 0 aliphatic rings. The molecule has 100 valence electrons. The lowest BCUT2D eigenvalue weighted by Crippen LogP contribution is -2.42. The van der Waals surface area contributed by atoms with Gasteiger partial charge in [-0.15, -0.1) is 0 Å². The zero-order valence-electron chi connectivity index (χ0n) is 10.1. The number of aliphatic carboxylic acids is 1. The maximum atomic E-state index is 11.6. The van der Waals surface area contributed by atoms with E-state index in [1.807, 2.05) is 6.07 Å². The highest BCUT2D eigenvalue weighted by Gasteiger charge is 2.18. The van der Waals surface area contributed by atoms with Gasteiger partial charge in [0.2, 0.25) is 0 Å². The number of nitriles is 1. The van der Waals surface area contributed by atoms with Gasteiger partial charge in [-0.1, -0.05) is 22.9 Å². The molecule has 6 nitrogen and oxygen atoms in total. The molecule has 1 rings (SSSR count). The largest absolute Gasteiger partial charge is 0.480 e. The summed E-state index contributed by atoms with van der Waals surface area (Å²) < 4.78 is 0.715. The Morgan fingerprint density at radius 3 is 2.74 bits per heavy atom. The van der Waals surface area contributed by atoms with Crippen LogP contribution in [0.15, 0.2) is 22.7 Å². The number of carboxylic acid groups (broad SMARTS) is 1. The van der Waals surface area contributed by atoms with E-state index >= 15 is 0 Å². The molecule has 0 aliphatic carbocycles. The van der Waals surface area contributed by atoms with Crippen LogP contribution in [0.4, 0.5) is 10.5 Å². The minimum absolute atomic E-state index is 0.272. The SMILES string of the molecule is CC[C@@H](NC(=O)Nc1ccc(Br)cc1C#N)C(=O)O. The second kappa shape index (κ2) is 6.75. The summed E-state index contributed by atoms with van der Waals surface area (Å²) in [5, 5.41) is 22.5. The summed E-state index contributed by atoms with van der Waals surface area (Å²) in [6, 6.07) is 5.12. The van der Waals surface area contributed by atoms with Crippen molar-refractivity contribution < 1.29 is 14.7 Å².